The summed E-state index contributed by atoms with van der Waals surface area (Å²) >= 11 is 3.36. The molecule has 0 atom stereocenters. The van der Waals surface area contributed by atoms with Crippen molar-refractivity contribution in [2.75, 3.05) is 11.9 Å². The maximum absolute atomic E-state index is 10.6. The zero-order chi connectivity index (χ0) is 15.8. The van der Waals surface area contributed by atoms with Crippen LogP contribution in [-0.2, 0) is 0 Å². The lowest BCUT2D eigenvalue weighted by Crippen LogP contribution is -1.97. The number of benzene rings is 2. The van der Waals surface area contributed by atoms with E-state index < -0.39 is 4.92 Å². The average Bonchev–Trinajstić information content (AvgIpc) is 2.55. The van der Waals surface area contributed by atoms with Gasteiger partial charge in [0.1, 0.15) is 5.75 Å². The molecule has 0 aliphatic carbocycles. The van der Waals surface area contributed by atoms with E-state index >= 15 is 0 Å². The number of hydrogen-bond donors (Lipinski definition) is 0. The lowest BCUT2D eigenvalue weighted by atomic mass is 10.1. The summed E-state index contributed by atoms with van der Waals surface area (Å²) in [6.45, 7) is 0.698. The summed E-state index contributed by atoms with van der Waals surface area (Å²) in [7, 11) is 0. The van der Waals surface area contributed by atoms with Crippen molar-refractivity contribution >= 4 is 33.8 Å². The Hall–Kier alpha value is -2.14. The maximum atomic E-state index is 10.6. The smallest absolute Gasteiger partial charge is 0.269 e. The molecule has 0 fully saturated rings. The zero-order valence-corrected chi connectivity index (χ0v) is 13.5. The Kier molecular flexibility index (Phi) is 6.15. The molecule has 5 heteroatoms. The van der Waals surface area contributed by atoms with Crippen LogP contribution < -0.4 is 4.74 Å². The summed E-state index contributed by atoms with van der Waals surface area (Å²) in [4.78, 5) is 10.2. The molecule has 0 saturated carbocycles. The van der Waals surface area contributed by atoms with Gasteiger partial charge in [-0.1, -0.05) is 40.2 Å². The summed E-state index contributed by atoms with van der Waals surface area (Å²) in [5, 5.41) is 11.5. The molecule has 0 radical (unpaired) electrons. The SMILES string of the molecule is O=[N+]([O-])c1ccc(/C=C/c2ccc(OCCCBr)cc2)cc1. The highest BCUT2D eigenvalue weighted by molar-refractivity contribution is 9.09. The topological polar surface area (TPSA) is 52.4 Å². The van der Waals surface area contributed by atoms with Gasteiger partial charge in [-0.3, -0.25) is 10.1 Å². The zero-order valence-electron chi connectivity index (χ0n) is 11.9. The van der Waals surface area contributed by atoms with Crippen molar-refractivity contribution in [1.82, 2.24) is 0 Å². The quantitative estimate of drug-likeness (QED) is 0.231. The molecule has 2 rings (SSSR count). The highest BCUT2D eigenvalue weighted by Gasteiger charge is 2.02. The van der Waals surface area contributed by atoms with Crippen LogP contribution in [0, 0.1) is 10.1 Å². The van der Waals surface area contributed by atoms with E-state index in [1.54, 1.807) is 12.1 Å². The monoisotopic (exact) mass is 361 g/mol. The van der Waals surface area contributed by atoms with E-state index in [9.17, 15) is 10.1 Å². The number of nitrogens with zero attached hydrogens (tertiary/aromatic N) is 1. The number of non-ortho nitro benzene ring substituents is 1. The Morgan fingerprint density at radius 1 is 1.00 bits per heavy atom. The molecule has 114 valence electrons. The molecule has 2 aromatic carbocycles. The third-order valence-electron chi connectivity index (χ3n) is 3.00. The van der Waals surface area contributed by atoms with Crippen molar-refractivity contribution in [3.8, 4) is 5.75 Å². The van der Waals surface area contributed by atoms with E-state index in [0.29, 0.717) is 6.61 Å². The number of nitro benzene ring substituents is 1. The number of hydrogen-bond acceptors (Lipinski definition) is 3. The average molecular weight is 362 g/mol. The number of nitro groups is 1. The second-order valence-corrected chi connectivity index (χ2v) is 5.44. The predicted octanol–water partition coefficient (Wildman–Crippen LogP) is 4.93. The third kappa shape index (κ3) is 5.00. The first-order valence-electron chi connectivity index (χ1n) is 6.90. The maximum Gasteiger partial charge on any atom is 0.269 e. The van der Waals surface area contributed by atoms with Crippen molar-refractivity contribution in [1.29, 1.82) is 0 Å². The largest absolute Gasteiger partial charge is 0.494 e. The molecule has 0 N–H and O–H groups in total. The van der Waals surface area contributed by atoms with E-state index in [1.165, 1.54) is 12.1 Å². The summed E-state index contributed by atoms with van der Waals surface area (Å²) in [5.74, 6) is 0.855. The van der Waals surface area contributed by atoms with Crippen LogP contribution in [0.2, 0.25) is 0 Å². The van der Waals surface area contributed by atoms with Crippen molar-refractivity contribution in [2.45, 2.75) is 6.42 Å². The van der Waals surface area contributed by atoms with Gasteiger partial charge in [0.2, 0.25) is 0 Å². The van der Waals surface area contributed by atoms with Gasteiger partial charge in [0.25, 0.3) is 5.69 Å². The second kappa shape index (κ2) is 8.34. The van der Waals surface area contributed by atoms with Gasteiger partial charge in [-0.05, 0) is 41.8 Å². The summed E-state index contributed by atoms with van der Waals surface area (Å²) in [6, 6.07) is 14.3. The molecule has 22 heavy (non-hydrogen) atoms. The van der Waals surface area contributed by atoms with Crippen LogP contribution in [0.25, 0.3) is 12.2 Å². The van der Waals surface area contributed by atoms with Gasteiger partial charge in [0, 0.05) is 17.5 Å². The fraction of sp³-hybridized carbons (Fsp3) is 0.176. The van der Waals surface area contributed by atoms with Crippen molar-refractivity contribution in [3.63, 3.8) is 0 Å². The minimum atomic E-state index is -0.401. The van der Waals surface area contributed by atoms with Crippen LogP contribution in [0.1, 0.15) is 17.5 Å². The van der Waals surface area contributed by atoms with Crippen LogP contribution in [0.5, 0.6) is 5.75 Å². The van der Waals surface area contributed by atoms with E-state index in [2.05, 4.69) is 15.9 Å². The van der Waals surface area contributed by atoms with Crippen molar-refractivity contribution < 1.29 is 9.66 Å². The Bertz CT molecular complexity index is 636. The molecule has 0 heterocycles. The van der Waals surface area contributed by atoms with Crippen LogP contribution in [0.4, 0.5) is 5.69 Å². The summed E-state index contributed by atoms with van der Waals surface area (Å²) in [5.41, 5.74) is 2.07. The molecular formula is C17H16BrNO3. The fourth-order valence-electron chi connectivity index (χ4n) is 1.82. The molecule has 2 aromatic rings. The van der Waals surface area contributed by atoms with Gasteiger partial charge in [0.05, 0.1) is 11.5 Å². The first-order chi connectivity index (χ1) is 10.7. The molecule has 0 aliphatic rings. The van der Waals surface area contributed by atoms with E-state index in [-0.39, 0.29) is 5.69 Å². The summed E-state index contributed by atoms with van der Waals surface area (Å²) in [6.07, 6.45) is 4.86. The Morgan fingerprint density at radius 3 is 2.05 bits per heavy atom. The lowest BCUT2D eigenvalue weighted by molar-refractivity contribution is -0.384. The van der Waals surface area contributed by atoms with Gasteiger partial charge in [-0.25, -0.2) is 0 Å². The van der Waals surface area contributed by atoms with Gasteiger partial charge in [-0.2, -0.15) is 0 Å². The molecule has 0 saturated heterocycles. The molecule has 0 spiro atoms. The van der Waals surface area contributed by atoms with E-state index in [0.717, 1.165) is 28.6 Å². The van der Waals surface area contributed by atoms with Crippen molar-refractivity contribution in [2.24, 2.45) is 0 Å². The third-order valence-corrected chi connectivity index (χ3v) is 3.56. The van der Waals surface area contributed by atoms with E-state index in [1.807, 2.05) is 36.4 Å². The number of rotatable bonds is 7. The van der Waals surface area contributed by atoms with Crippen LogP contribution in [0.3, 0.4) is 0 Å². The Morgan fingerprint density at radius 2 is 1.55 bits per heavy atom. The first-order valence-corrected chi connectivity index (χ1v) is 8.02. The standard InChI is InChI=1S/C17H16BrNO3/c18-12-1-13-22-17-10-6-15(7-11-17)3-2-14-4-8-16(9-5-14)19(20)21/h2-11H,1,12-13H2/b3-2+. The minimum absolute atomic E-state index is 0.0992. The van der Waals surface area contributed by atoms with Crippen LogP contribution in [-0.4, -0.2) is 16.9 Å². The normalized spacial score (nSPS) is 10.8. The second-order valence-electron chi connectivity index (χ2n) is 4.64. The molecule has 4 nitrogen and oxygen atoms in total. The van der Waals surface area contributed by atoms with E-state index in [4.69, 9.17) is 4.74 Å². The Balaban J connectivity index is 1.96. The van der Waals surface area contributed by atoms with Gasteiger partial charge < -0.3 is 4.74 Å². The van der Waals surface area contributed by atoms with Gasteiger partial charge >= 0.3 is 0 Å². The molecule has 0 aromatic heterocycles. The number of ether oxygens (including phenoxy) is 1. The van der Waals surface area contributed by atoms with Crippen LogP contribution >= 0.6 is 15.9 Å². The lowest BCUT2D eigenvalue weighted by Gasteiger charge is -2.04. The highest BCUT2D eigenvalue weighted by atomic mass is 79.9. The highest BCUT2D eigenvalue weighted by Crippen LogP contribution is 2.16. The molecule has 0 aliphatic heterocycles. The molecule has 0 bridgehead atoms. The van der Waals surface area contributed by atoms with Gasteiger partial charge in [-0.15, -0.1) is 0 Å². The predicted molar refractivity (Wildman–Crippen MR) is 92.4 cm³/mol. The minimum Gasteiger partial charge on any atom is -0.494 e. The molecule has 0 amide bonds. The van der Waals surface area contributed by atoms with Crippen LogP contribution in [0.15, 0.2) is 48.5 Å². The number of halogens is 1. The summed E-state index contributed by atoms with van der Waals surface area (Å²) < 4.78 is 5.58. The fourth-order valence-corrected chi connectivity index (χ4v) is 2.05. The number of alkyl halides is 1. The first kappa shape index (κ1) is 16.2. The van der Waals surface area contributed by atoms with Crippen molar-refractivity contribution in [3.05, 3.63) is 69.8 Å². The molecular weight excluding hydrogens is 346 g/mol. The molecule has 0 unspecified atom stereocenters. The van der Waals surface area contributed by atoms with Gasteiger partial charge in [0.15, 0.2) is 0 Å². The Labute approximate surface area is 137 Å².